The van der Waals surface area contributed by atoms with E-state index < -0.39 is 41.1 Å². The van der Waals surface area contributed by atoms with Crippen molar-refractivity contribution in [1.29, 1.82) is 0 Å². The maximum Gasteiger partial charge on any atom is 0.417 e. The predicted molar refractivity (Wildman–Crippen MR) is 112 cm³/mol. The Balaban J connectivity index is 1.46. The Morgan fingerprint density at radius 2 is 1.94 bits per heavy atom. The monoisotopic (exact) mass is 486 g/mol. The highest BCUT2D eigenvalue weighted by atomic mass is 35.5. The van der Waals surface area contributed by atoms with E-state index in [0.717, 1.165) is 18.3 Å². The van der Waals surface area contributed by atoms with Gasteiger partial charge in [-0.15, -0.1) is 0 Å². The van der Waals surface area contributed by atoms with Gasteiger partial charge in [-0.25, -0.2) is 4.98 Å². The fourth-order valence-corrected chi connectivity index (χ4v) is 3.45. The fourth-order valence-electron chi connectivity index (χ4n) is 3.27. The van der Waals surface area contributed by atoms with E-state index in [4.69, 9.17) is 16.3 Å². The normalized spacial score (nSPS) is 14.6. The number of hydrogen-bond donors (Lipinski definition) is 1. The molecule has 0 aliphatic carbocycles. The van der Waals surface area contributed by atoms with E-state index in [-0.39, 0.29) is 16.4 Å². The van der Waals surface area contributed by atoms with Crippen LogP contribution in [0.15, 0.2) is 36.5 Å². The lowest BCUT2D eigenvalue weighted by atomic mass is 9.97. The second-order valence-electron chi connectivity index (χ2n) is 7.24. The molecule has 1 aromatic heterocycles. The van der Waals surface area contributed by atoms with Gasteiger partial charge in [0.2, 0.25) is 0 Å². The quantitative estimate of drug-likeness (QED) is 0.372. The van der Waals surface area contributed by atoms with E-state index >= 15 is 0 Å². The number of nitrogens with zero attached hydrogens (tertiary/aromatic N) is 3. The summed E-state index contributed by atoms with van der Waals surface area (Å²) in [6.07, 6.45) is -2.93. The molecule has 1 fully saturated rings. The molecule has 1 aliphatic rings. The Kier molecular flexibility index (Phi) is 7.36. The van der Waals surface area contributed by atoms with Crippen LogP contribution in [0.3, 0.4) is 0 Å². The average molecular weight is 487 g/mol. The second kappa shape index (κ2) is 10.0. The van der Waals surface area contributed by atoms with Gasteiger partial charge < -0.3 is 15.0 Å². The molecule has 176 valence electrons. The predicted octanol–water partition coefficient (Wildman–Crippen LogP) is 4.06. The topological polar surface area (TPSA) is 115 Å². The van der Waals surface area contributed by atoms with E-state index in [2.05, 4.69) is 10.3 Å². The standard InChI is InChI=1S/C20H18ClF3N4O5/c21-15-3-2-14(9-16(15)28(31)32)26-18(29)11-33-19(30)12-5-7-27(8-6-12)17-4-1-13(10-25-17)20(22,23)24/h1-4,9-10,12H,5-8,11H2,(H,26,29). The first kappa shape index (κ1) is 24.2. The van der Waals surface area contributed by atoms with Gasteiger partial charge in [0.1, 0.15) is 10.8 Å². The van der Waals surface area contributed by atoms with Crippen molar-refractivity contribution in [1.82, 2.24) is 4.98 Å². The molecule has 1 aliphatic heterocycles. The smallest absolute Gasteiger partial charge is 0.417 e. The van der Waals surface area contributed by atoms with E-state index in [1.54, 1.807) is 4.90 Å². The highest BCUT2D eigenvalue weighted by molar-refractivity contribution is 6.32. The Morgan fingerprint density at radius 3 is 2.52 bits per heavy atom. The van der Waals surface area contributed by atoms with Crippen molar-refractivity contribution in [3.63, 3.8) is 0 Å². The number of esters is 1. The number of nitro groups is 1. The lowest BCUT2D eigenvalue weighted by Crippen LogP contribution is -2.38. The molecule has 1 saturated heterocycles. The Labute approximate surface area is 190 Å². The Hall–Kier alpha value is -3.41. The first-order valence-electron chi connectivity index (χ1n) is 9.73. The third kappa shape index (κ3) is 6.31. The molecule has 1 N–H and O–H groups in total. The minimum atomic E-state index is -4.46. The first-order valence-corrected chi connectivity index (χ1v) is 10.1. The van der Waals surface area contributed by atoms with E-state index in [0.29, 0.717) is 31.7 Å². The number of aromatic nitrogens is 1. The van der Waals surface area contributed by atoms with Gasteiger partial charge in [-0.2, -0.15) is 13.2 Å². The number of pyridine rings is 1. The third-order valence-electron chi connectivity index (χ3n) is 5.00. The molecule has 9 nitrogen and oxygen atoms in total. The number of carbonyl (C=O) groups is 2. The number of nitro benzene ring substituents is 1. The van der Waals surface area contributed by atoms with Gasteiger partial charge in [0.25, 0.3) is 11.6 Å². The zero-order valence-electron chi connectivity index (χ0n) is 17.0. The molecule has 0 bridgehead atoms. The number of ether oxygens (including phenoxy) is 1. The molecule has 0 radical (unpaired) electrons. The zero-order chi connectivity index (χ0) is 24.2. The Bertz CT molecular complexity index is 1040. The molecule has 3 rings (SSSR count). The van der Waals surface area contributed by atoms with Crippen LogP contribution in [-0.2, 0) is 20.5 Å². The fraction of sp³-hybridized carbons (Fsp3) is 0.350. The zero-order valence-corrected chi connectivity index (χ0v) is 17.7. The summed E-state index contributed by atoms with van der Waals surface area (Å²) in [6, 6.07) is 5.97. The summed E-state index contributed by atoms with van der Waals surface area (Å²) < 4.78 is 43.0. The lowest BCUT2D eigenvalue weighted by molar-refractivity contribution is -0.384. The van der Waals surface area contributed by atoms with Gasteiger partial charge in [-0.05, 0) is 37.1 Å². The summed E-state index contributed by atoms with van der Waals surface area (Å²) in [5.41, 5.74) is -1.08. The van der Waals surface area contributed by atoms with Crippen molar-refractivity contribution in [2.24, 2.45) is 5.92 Å². The van der Waals surface area contributed by atoms with Crippen molar-refractivity contribution in [3.05, 3.63) is 57.2 Å². The number of piperidine rings is 1. The van der Waals surface area contributed by atoms with Crippen LogP contribution in [0.1, 0.15) is 18.4 Å². The van der Waals surface area contributed by atoms with Crippen LogP contribution >= 0.6 is 11.6 Å². The number of amides is 1. The maximum atomic E-state index is 12.7. The number of halogens is 4. The van der Waals surface area contributed by atoms with Crippen molar-refractivity contribution in [3.8, 4) is 0 Å². The molecule has 2 aromatic rings. The van der Waals surface area contributed by atoms with Gasteiger partial charge in [0.15, 0.2) is 6.61 Å². The minimum absolute atomic E-state index is 0.0812. The lowest BCUT2D eigenvalue weighted by Gasteiger charge is -2.31. The number of nitrogens with one attached hydrogen (secondary N) is 1. The average Bonchev–Trinajstić information content (AvgIpc) is 2.78. The summed E-state index contributed by atoms with van der Waals surface area (Å²) >= 11 is 5.71. The largest absolute Gasteiger partial charge is 0.455 e. The molecule has 13 heteroatoms. The number of alkyl halides is 3. The molecule has 0 unspecified atom stereocenters. The molecule has 1 amide bonds. The van der Waals surface area contributed by atoms with Crippen LogP contribution in [0.5, 0.6) is 0 Å². The summed E-state index contributed by atoms with van der Waals surface area (Å²) in [7, 11) is 0. The van der Waals surface area contributed by atoms with Crippen LogP contribution in [-0.4, -0.2) is 41.5 Å². The number of carbonyl (C=O) groups excluding carboxylic acids is 2. The highest BCUT2D eigenvalue weighted by Gasteiger charge is 2.32. The molecule has 33 heavy (non-hydrogen) atoms. The van der Waals surface area contributed by atoms with Crippen molar-refractivity contribution >= 4 is 40.7 Å². The molecule has 0 spiro atoms. The Morgan fingerprint density at radius 1 is 1.24 bits per heavy atom. The SMILES string of the molecule is O=C(COC(=O)C1CCN(c2ccc(C(F)(F)F)cn2)CC1)Nc1ccc(Cl)c([N+](=O)[O-])c1. The van der Waals surface area contributed by atoms with Crippen molar-refractivity contribution < 1.29 is 32.4 Å². The van der Waals surface area contributed by atoms with Gasteiger partial charge in [0, 0.05) is 31.0 Å². The second-order valence-corrected chi connectivity index (χ2v) is 7.65. The molecule has 0 atom stereocenters. The maximum absolute atomic E-state index is 12.7. The minimum Gasteiger partial charge on any atom is -0.455 e. The van der Waals surface area contributed by atoms with Gasteiger partial charge in [0.05, 0.1) is 16.4 Å². The van der Waals surface area contributed by atoms with Crippen LogP contribution < -0.4 is 10.2 Å². The summed E-state index contributed by atoms with van der Waals surface area (Å²) in [5.74, 6) is -1.34. The molecule has 1 aromatic carbocycles. The first-order chi connectivity index (χ1) is 15.5. The van der Waals surface area contributed by atoms with E-state index in [1.807, 2.05) is 0 Å². The molecular formula is C20H18ClF3N4O5. The van der Waals surface area contributed by atoms with Gasteiger partial charge in [-0.1, -0.05) is 11.6 Å². The van der Waals surface area contributed by atoms with Crippen LogP contribution in [0.4, 0.5) is 30.4 Å². The number of anilines is 2. The van der Waals surface area contributed by atoms with E-state index in [9.17, 15) is 32.9 Å². The number of benzene rings is 1. The van der Waals surface area contributed by atoms with Crippen LogP contribution in [0.25, 0.3) is 0 Å². The summed E-state index contributed by atoms with van der Waals surface area (Å²) in [4.78, 5) is 40.1. The third-order valence-corrected chi connectivity index (χ3v) is 5.32. The van der Waals surface area contributed by atoms with Crippen LogP contribution in [0.2, 0.25) is 5.02 Å². The van der Waals surface area contributed by atoms with Gasteiger partial charge in [-0.3, -0.25) is 19.7 Å². The molecule has 0 saturated carbocycles. The van der Waals surface area contributed by atoms with Gasteiger partial charge >= 0.3 is 12.1 Å². The summed E-state index contributed by atoms with van der Waals surface area (Å²) in [5, 5.41) is 13.2. The van der Waals surface area contributed by atoms with Crippen molar-refractivity contribution in [2.75, 3.05) is 29.9 Å². The van der Waals surface area contributed by atoms with Crippen LogP contribution in [0, 0.1) is 16.0 Å². The molecule has 2 heterocycles. The molecular weight excluding hydrogens is 469 g/mol. The van der Waals surface area contributed by atoms with E-state index in [1.165, 1.54) is 18.2 Å². The highest BCUT2D eigenvalue weighted by Crippen LogP contribution is 2.30. The number of hydrogen-bond acceptors (Lipinski definition) is 7. The number of rotatable bonds is 6. The van der Waals surface area contributed by atoms with Crippen molar-refractivity contribution in [2.45, 2.75) is 19.0 Å². The summed E-state index contributed by atoms with van der Waals surface area (Å²) in [6.45, 7) is 0.202.